The van der Waals surface area contributed by atoms with E-state index in [1.807, 2.05) is 32.9 Å². The molecule has 0 bridgehead atoms. The normalized spacial score (nSPS) is 8.92. The molecule has 2 nitrogen and oxygen atoms in total. The fourth-order valence-electron chi connectivity index (χ4n) is 1.13. The third kappa shape index (κ3) is 1.40. The highest BCUT2D eigenvalue weighted by Gasteiger charge is 2.04. The third-order valence-corrected chi connectivity index (χ3v) is 2.22. The summed E-state index contributed by atoms with van der Waals surface area (Å²) in [5.74, 6) is 0. The molecule has 0 aliphatic rings. The maximum Gasteiger partial charge on any atom is 0.336 e. The zero-order chi connectivity index (χ0) is 9.14. The second-order valence-electron chi connectivity index (χ2n) is 2.88. The van der Waals surface area contributed by atoms with Crippen LogP contribution in [0.2, 0.25) is 0 Å². The Labute approximate surface area is 72.2 Å². The Morgan fingerprint density at radius 1 is 1.17 bits per heavy atom. The molecule has 0 radical (unpaired) electrons. The van der Waals surface area contributed by atoms with E-state index in [1.54, 1.807) is 0 Å². The molecule has 0 aromatic heterocycles. The first kappa shape index (κ1) is 8.61. The standard InChI is InChI=1S/C10H11NO/c1-7-4-5-10(6-11-12)9(3)8(7)2/h4-5H,1-3H3. The van der Waals surface area contributed by atoms with Crippen molar-refractivity contribution in [2.24, 2.45) is 0 Å². The first-order valence-electron chi connectivity index (χ1n) is 3.82. The Morgan fingerprint density at radius 3 is 2.42 bits per heavy atom. The molecule has 0 fully saturated rings. The molecule has 0 aliphatic carbocycles. The number of rotatable bonds is 0. The molecule has 0 saturated carbocycles. The lowest BCUT2D eigenvalue weighted by molar-refractivity contribution is 1.25. The summed E-state index contributed by atoms with van der Waals surface area (Å²) in [4.78, 5) is 0. The van der Waals surface area contributed by atoms with Gasteiger partial charge in [0.1, 0.15) is 5.56 Å². The third-order valence-electron chi connectivity index (χ3n) is 2.22. The summed E-state index contributed by atoms with van der Waals surface area (Å²) in [6, 6.07) is 6.24. The van der Waals surface area contributed by atoms with Crippen LogP contribution >= 0.6 is 0 Å². The Morgan fingerprint density at radius 2 is 1.83 bits per heavy atom. The molecule has 0 N–H and O–H groups in total. The maximum atomic E-state index is 9.96. The Kier molecular flexibility index (Phi) is 2.35. The van der Waals surface area contributed by atoms with Crippen LogP contribution in [-0.4, -0.2) is 0 Å². The van der Waals surface area contributed by atoms with Gasteiger partial charge in [-0.1, -0.05) is 6.07 Å². The van der Waals surface area contributed by atoms with Crippen molar-refractivity contribution in [3.8, 4) is 6.07 Å². The van der Waals surface area contributed by atoms with Crippen molar-refractivity contribution in [1.82, 2.24) is 0 Å². The van der Waals surface area contributed by atoms with Crippen molar-refractivity contribution in [2.45, 2.75) is 20.8 Å². The summed E-state index contributed by atoms with van der Waals surface area (Å²) in [6.45, 7) is 6.04. The van der Waals surface area contributed by atoms with Crippen LogP contribution in [0.1, 0.15) is 22.3 Å². The molecule has 1 rings (SSSR count). The molecule has 1 aromatic rings. The molecule has 2 heteroatoms. The molecule has 0 unspecified atom stereocenters. The molecule has 0 atom stereocenters. The Hall–Kier alpha value is -1.49. The molecule has 1 aromatic carbocycles. The highest BCUT2D eigenvalue weighted by atomic mass is 16.4. The SMILES string of the molecule is Cc1ccc(C#[N+][O-])c(C)c1C. The predicted octanol–water partition coefficient (Wildman–Crippen LogP) is 2.79. The van der Waals surface area contributed by atoms with Crippen LogP contribution in [0.3, 0.4) is 0 Å². The minimum Gasteiger partial charge on any atom is -0.498 e. The van der Waals surface area contributed by atoms with E-state index >= 15 is 0 Å². The average molecular weight is 161 g/mol. The van der Waals surface area contributed by atoms with E-state index in [2.05, 4.69) is 11.1 Å². The molecule has 0 spiro atoms. The van der Waals surface area contributed by atoms with Gasteiger partial charge in [0.2, 0.25) is 0 Å². The number of nitrogens with zero attached hydrogens (tertiary/aromatic N) is 1. The van der Waals surface area contributed by atoms with Gasteiger partial charge in [0.05, 0.1) is 0 Å². The van der Waals surface area contributed by atoms with E-state index in [0.717, 1.165) is 11.1 Å². The molecule has 0 saturated heterocycles. The lowest BCUT2D eigenvalue weighted by atomic mass is 10.00. The number of hydrogen-bond donors (Lipinski definition) is 0. The van der Waals surface area contributed by atoms with Crippen LogP contribution in [-0.2, 0) is 0 Å². The van der Waals surface area contributed by atoms with Gasteiger partial charge < -0.3 is 5.21 Å². The largest absolute Gasteiger partial charge is 0.498 e. The quantitative estimate of drug-likeness (QED) is 0.537. The Balaban J connectivity index is 3.33. The first-order valence-corrected chi connectivity index (χ1v) is 3.82. The van der Waals surface area contributed by atoms with Gasteiger partial charge in [-0.25, -0.2) is 0 Å². The van der Waals surface area contributed by atoms with Crippen molar-refractivity contribution in [1.29, 1.82) is 0 Å². The lowest BCUT2D eigenvalue weighted by Gasteiger charge is -2.03. The summed E-state index contributed by atoms with van der Waals surface area (Å²) in [7, 11) is 0. The second kappa shape index (κ2) is 3.27. The van der Waals surface area contributed by atoms with Crippen molar-refractivity contribution in [3.05, 3.63) is 44.6 Å². The molecule has 0 heterocycles. The summed E-state index contributed by atoms with van der Waals surface area (Å²) >= 11 is 0. The summed E-state index contributed by atoms with van der Waals surface area (Å²) < 4.78 is 0. The smallest absolute Gasteiger partial charge is 0.336 e. The van der Waals surface area contributed by atoms with Gasteiger partial charge in [-0.2, -0.15) is 0 Å². The van der Waals surface area contributed by atoms with Crippen LogP contribution in [0.15, 0.2) is 12.1 Å². The van der Waals surface area contributed by atoms with Crippen molar-refractivity contribution < 1.29 is 0 Å². The highest BCUT2D eigenvalue weighted by Crippen LogP contribution is 2.15. The van der Waals surface area contributed by atoms with Gasteiger partial charge in [0.25, 0.3) is 0 Å². The van der Waals surface area contributed by atoms with E-state index < -0.39 is 0 Å². The summed E-state index contributed by atoms with van der Waals surface area (Å²) in [5.41, 5.74) is 4.29. The van der Waals surface area contributed by atoms with Crippen LogP contribution in [0.25, 0.3) is 5.01 Å². The fourth-order valence-corrected chi connectivity index (χ4v) is 1.13. The minimum absolute atomic E-state index is 0.785. The van der Waals surface area contributed by atoms with Gasteiger partial charge in [0, 0.05) is 5.01 Å². The minimum atomic E-state index is 0.785. The van der Waals surface area contributed by atoms with E-state index in [0.29, 0.717) is 0 Å². The van der Waals surface area contributed by atoms with Gasteiger partial charge in [0.15, 0.2) is 0 Å². The van der Waals surface area contributed by atoms with Crippen LogP contribution < -0.4 is 0 Å². The van der Waals surface area contributed by atoms with Gasteiger partial charge >= 0.3 is 6.07 Å². The number of aryl methyl sites for hydroxylation is 1. The molecule has 62 valence electrons. The first-order chi connectivity index (χ1) is 5.66. The molecular weight excluding hydrogens is 150 g/mol. The second-order valence-corrected chi connectivity index (χ2v) is 2.88. The molecule has 12 heavy (non-hydrogen) atoms. The van der Waals surface area contributed by atoms with Gasteiger partial charge in [-0.15, -0.1) is 0 Å². The lowest BCUT2D eigenvalue weighted by Crippen LogP contribution is -1.89. The van der Waals surface area contributed by atoms with E-state index in [9.17, 15) is 5.21 Å². The molecule has 0 aliphatic heterocycles. The maximum absolute atomic E-state index is 9.96. The van der Waals surface area contributed by atoms with Crippen molar-refractivity contribution in [3.63, 3.8) is 0 Å². The van der Waals surface area contributed by atoms with Crippen molar-refractivity contribution in [2.75, 3.05) is 0 Å². The van der Waals surface area contributed by atoms with Gasteiger partial charge in [-0.3, -0.25) is 0 Å². The van der Waals surface area contributed by atoms with E-state index in [4.69, 9.17) is 0 Å². The molecular formula is C10H11NO. The average Bonchev–Trinajstić information content (AvgIpc) is 2.07. The van der Waals surface area contributed by atoms with Crippen LogP contribution in [0.5, 0.6) is 0 Å². The van der Waals surface area contributed by atoms with Gasteiger partial charge in [-0.05, 0) is 43.5 Å². The number of benzene rings is 1. The Bertz CT molecular complexity index is 358. The summed E-state index contributed by atoms with van der Waals surface area (Å²) in [6.07, 6.45) is 0. The fraction of sp³-hybridized carbons (Fsp3) is 0.300. The monoisotopic (exact) mass is 161 g/mol. The van der Waals surface area contributed by atoms with E-state index in [-0.39, 0.29) is 0 Å². The van der Waals surface area contributed by atoms with E-state index in [1.165, 1.54) is 11.1 Å². The molecule has 0 amide bonds. The predicted molar refractivity (Wildman–Crippen MR) is 50.4 cm³/mol. The zero-order valence-electron chi connectivity index (χ0n) is 7.51. The summed E-state index contributed by atoms with van der Waals surface area (Å²) in [5, 5.41) is 12.6. The van der Waals surface area contributed by atoms with Crippen LogP contribution in [0.4, 0.5) is 0 Å². The van der Waals surface area contributed by atoms with Crippen LogP contribution in [0, 0.1) is 32.0 Å². The highest BCUT2D eigenvalue weighted by molar-refractivity contribution is 5.46. The topological polar surface area (TPSA) is 27.4 Å². The zero-order valence-corrected chi connectivity index (χ0v) is 7.51. The number of hydrogen-bond acceptors (Lipinski definition) is 1. The van der Waals surface area contributed by atoms with Crippen molar-refractivity contribution >= 4 is 0 Å².